The van der Waals surface area contributed by atoms with Gasteiger partial charge in [-0.2, -0.15) is 0 Å². The first-order chi connectivity index (χ1) is 42.0. The molecule has 0 saturated carbocycles. The maximum Gasteiger partial charge on any atom is 0.305 e. The highest BCUT2D eigenvalue weighted by molar-refractivity contribution is 5.76. The van der Waals surface area contributed by atoms with Crippen LogP contribution in [0, 0.1) is 0 Å². The Morgan fingerprint density at radius 3 is 0.835 bits per heavy atom. The van der Waals surface area contributed by atoms with E-state index in [0.29, 0.717) is 25.9 Å². The molecule has 0 aliphatic rings. The lowest BCUT2D eigenvalue weighted by molar-refractivity contribution is -0.143. The molecule has 0 heterocycles. The highest BCUT2D eigenvalue weighted by Crippen LogP contribution is 2.20. The average molecular weight is 1200 g/mol. The molecule has 0 radical (unpaired) electrons. The first kappa shape index (κ1) is 83.6. The monoisotopic (exact) mass is 1200 g/mol. The first-order valence-electron chi connectivity index (χ1n) is 39.4. The summed E-state index contributed by atoms with van der Waals surface area (Å²) in [6, 6.07) is -0.536. The Labute approximate surface area is 533 Å². The van der Waals surface area contributed by atoms with Gasteiger partial charge in [-0.3, -0.25) is 9.59 Å². The number of amides is 1. The van der Waals surface area contributed by atoms with Crippen molar-refractivity contribution < 1.29 is 24.5 Å². The largest absolute Gasteiger partial charge is 0.466 e. The molecular weight excluding hydrogens is 1040 g/mol. The lowest BCUT2D eigenvalue weighted by Crippen LogP contribution is -2.45. The maximum absolute atomic E-state index is 12.5. The van der Waals surface area contributed by atoms with Crippen LogP contribution in [0.25, 0.3) is 0 Å². The van der Waals surface area contributed by atoms with Crippen molar-refractivity contribution in [3.8, 4) is 0 Å². The van der Waals surface area contributed by atoms with E-state index in [1.807, 2.05) is 0 Å². The number of allylic oxidation sites excluding steroid dienone is 2. The van der Waals surface area contributed by atoms with Crippen molar-refractivity contribution in [2.75, 3.05) is 13.2 Å². The fraction of sp³-hybridized carbons (Fsp3) is 0.949. The molecule has 0 bridgehead atoms. The Balaban J connectivity index is 3.28. The number of hydrogen-bond donors (Lipinski definition) is 3. The number of nitrogens with one attached hydrogen (secondary N) is 1. The van der Waals surface area contributed by atoms with Crippen LogP contribution >= 0.6 is 0 Å². The fourth-order valence-electron chi connectivity index (χ4n) is 12.8. The van der Waals surface area contributed by atoms with Gasteiger partial charge in [0.2, 0.25) is 5.91 Å². The van der Waals surface area contributed by atoms with Gasteiger partial charge in [-0.05, 0) is 51.4 Å². The zero-order valence-corrected chi connectivity index (χ0v) is 58.1. The molecule has 506 valence electrons. The molecule has 0 aromatic rings. The molecule has 0 aliphatic carbocycles. The smallest absolute Gasteiger partial charge is 0.305 e. The first-order valence-corrected chi connectivity index (χ1v) is 39.4. The molecule has 3 N–H and O–H groups in total. The van der Waals surface area contributed by atoms with E-state index in [-0.39, 0.29) is 18.5 Å². The molecule has 0 spiro atoms. The Kier molecular flexibility index (Phi) is 73.8. The number of carbonyl (C=O) groups excluding carboxylic acids is 2. The molecule has 0 aromatic carbocycles. The summed E-state index contributed by atoms with van der Waals surface area (Å²) in [6.07, 6.45) is 94.5. The van der Waals surface area contributed by atoms with Gasteiger partial charge < -0.3 is 20.3 Å². The molecule has 0 fully saturated rings. The van der Waals surface area contributed by atoms with E-state index in [9.17, 15) is 19.8 Å². The topological polar surface area (TPSA) is 95.9 Å². The maximum atomic E-state index is 12.5. The number of carbonyl (C=O) groups is 2. The minimum Gasteiger partial charge on any atom is -0.466 e. The number of rotatable bonds is 75. The second-order valence-corrected chi connectivity index (χ2v) is 27.4. The standard InChI is InChI=1S/C79H155NO5/c1-3-5-7-9-11-13-15-17-19-20-38-42-45-49-53-57-61-65-69-73-79(84)85-74-70-66-62-58-54-50-46-43-40-37-35-33-31-29-27-25-23-21-22-24-26-28-30-32-34-36-39-41-44-48-52-56-60-64-68-72-78(83)80-76(75-81)77(82)71-67-63-59-55-51-47-18-16-14-12-10-8-6-4-2/h17,19,76-77,81-82H,3-16,18,20-75H2,1-2H3,(H,80,83)/b19-17-. The number of aliphatic hydroxyl groups is 2. The van der Waals surface area contributed by atoms with Crippen LogP contribution in [0.4, 0.5) is 0 Å². The number of hydrogen-bond acceptors (Lipinski definition) is 5. The second-order valence-electron chi connectivity index (χ2n) is 27.4. The van der Waals surface area contributed by atoms with Gasteiger partial charge in [0.15, 0.2) is 0 Å². The summed E-state index contributed by atoms with van der Waals surface area (Å²) in [5.74, 6) is -0.00284. The van der Waals surface area contributed by atoms with Crippen molar-refractivity contribution in [2.45, 2.75) is 469 Å². The molecule has 0 aromatic heterocycles. The third kappa shape index (κ3) is 71.6. The van der Waals surface area contributed by atoms with Crippen molar-refractivity contribution >= 4 is 11.9 Å². The van der Waals surface area contributed by atoms with Crippen molar-refractivity contribution in [2.24, 2.45) is 0 Å². The average Bonchev–Trinajstić information content (AvgIpc) is 3.51. The summed E-state index contributed by atoms with van der Waals surface area (Å²) >= 11 is 0. The van der Waals surface area contributed by atoms with Gasteiger partial charge in [-0.25, -0.2) is 0 Å². The van der Waals surface area contributed by atoms with Gasteiger partial charge in [0.1, 0.15) is 0 Å². The van der Waals surface area contributed by atoms with Crippen LogP contribution in [0.2, 0.25) is 0 Å². The van der Waals surface area contributed by atoms with E-state index in [4.69, 9.17) is 4.74 Å². The second kappa shape index (κ2) is 75.1. The zero-order chi connectivity index (χ0) is 61.3. The SMILES string of the molecule is CCCCCCCC/C=C\CCCCCCCCCCCC(=O)OCCCCCCCCCCCCCCCCCCCCCCCCCCCCCCCCCCCCCC(=O)NC(CO)C(O)CCCCCCCCCCCCCCCC. The van der Waals surface area contributed by atoms with E-state index < -0.39 is 12.1 Å². The Hall–Kier alpha value is -1.40. The predicted octanol–water partition coefficient (Wildman–Crippen LogP) is 25.9. The van der Waals surface area contributed by atoms with Crippen LogP contribution in [-0.2, 0) is 14.3 Å². The third-order valence-electron chi connectivity index (χ3n) is 18.8. The highest BCUT2D eigenvalue weighted by atomic mass is 16.5. The molecule has 6 nitrogen and oxygen atoms in total. The minimum atomic E-state index is -0.659. The Bertz CT molecular complexity index is 1290. The van der Waals surface area contributed by atoms with Crippen LogP contribution in [-0.4, -0.2) is 47.4 Å². The number of esters is 1. The van der Waals surface area contributed by atoms with Crippen LogP contribution in [0.1, 0.15) is 457 Å². The normalized spacial score (nSPS) is 12.5. The molecule has 0 saturated heterocycles. The lowest BCUT2D eigenvalue weighted by Gasteiger charge is -2.22. The van der Waals surface area contributed by atoms with E-state index >= 15 is 0 Å². The van der Waals surface area contributed by atoms with Gasteiger partial charge in [-0.1, -0.05) is 405 Å². The van der Waals surface area contributed by atoms with Crippen molar-refractivity contribution in [3.63, 3.8) is 0 Å². The van der Waals surface area contributed by atoms with E-state index in [1.54, 1.807) is 0 Å². The Morgan fingerprint density at radius 1 is 0.318 bits per heavy atom. The zero-order valence-electron chi connectivity index (χ0n) is 58.1. The van der Waals surface area contributed by atoms with Crippen LogP contribution in [0.15, 0.2) is 12.2 Å². The molecule has 1 amide bonds. The van der Waals surface area contributed by atoms with E-state index in [1.165, 1.54) is 385 Å². The molecule has 0 aliphatic heterocycles. The third-order valence-corrected chi connectivity index (χ3v) is 18.8. The van der Waals surface area contributed by atoms with Gasteiger partial charge in [0.25, 0.3) is 0 Å². The predicted molar refractivity (Wildman–Crippen MR) is 375 cm³/mol. The summed E-state index contributed by atoms with van der Waals surface area (Å²) in [4.78, 5) is 24.6. The van der Waals surface area contributed by atoms with Crippen molar-refractivity contribution in [1.82, 2.24) is 5.32 Å². The number of ether oxygens (including phenoxy) is 1. The minimum absolute atomic E-state index is 0.0233. The van der Waals surface area contributed by atoms with Gasteiger partial charge in [-0.15, -0.1) is 0 Å². The van der Waals surface area contributed by atoms with Gasteiger partial charge in [0.05, 0.1) is 25.4 Å². The van der Waals surface area contributed by atoms with E-state index in [0.717, 1.165) is 38.5 Å². The van der Waals surface area contributed by atoms with Crippen LogP contribution < -0.4 is 5.32 Å². The molecular formula is C79H155NO5. The molecule has 6 heteroatoms. The molecule has 2 unspecified atom stereocenters. The quantitative estimate of drug-likeness (QED) is 0.0320. The highest BCUT2D eigenvalue weighted by Gasteiger charge is 2.20. The van der Waals surface area contributed by atoms with Gasteiger partial charge >= 0.3 is 5.97 Å². The summed E-state index contributed by atoms with van der Waals surface area (Å²) < 4.78 is 5.52. The number of unbranched alkanes of at least 4 members (excludes halogenated alkanes) is 62. The van der Waals surface area contributed by atoms with Crippen LogP contribution in [0.3, 0.4) is 0 Å². The summed E-state index contributed by atoms with van der Waals surface area (Å²) in [5, 5.41) is 23.3. The summed E-state index contributed by atoms with van der Waals surface area (Å²) in [6.45, 7) is 5.00. The van der Waals surface area contributed by atoms with Gasteiger partial charge in [0, 0.05) is 12.8 Å². The van der Waals surface area contributed by atoms with Crippen molar-refractivity contribution in [1.29, 1.82) is 0 Å². The molecule has 0 rings (SSSR count). The van der Waals surface area contributed by atoms with Crippen LogP contribution in [0.5, 0.6) is 0 Å². The summed E-state index contributed by atoms with van der Waals surface area (Å²) in [7, 11) is 0. The van der Waals surface area contributed by atoms with Crippen molar-refractivity contribution in [3.05, 3.63) is 12.2 Å². The van der Waals surface area contributed by atoms with E-state index in [2.05, 4.69) is 31.3 Å². The fourth-order valence-corrected chi connectivity index (χ4v) is 12.8. The molecule has 2 atom stereocenters. The lowest BCUT2D eigenvalue weighted by atomic mass is 10.0. The Morgan fingerprint density at radius 2 is 0.553 bits per heavy atom. The number of aliphatic hydroxyl groups excluding tert-OH is 2. The summed E-state index contributed by atoms with van der Waals surface area (Å²) in [5.41, 5.74) is 0. The molecule has 85 heavy (non-hydrogen) atoms.